The number of carboxylic acid groups (broad SMARTS) is 1. The number of hydrogen-bond donors (Lipinski definition) is 2. The third-order valence-electron chi connectivity index (χ3n) is 1.64. The van der Waals surface area contributed by atoms with E-state index >= 15 is 0 Å². The third kappa shape index (κ3) is 2.23. The summed E-state index contributed by atoms with van der Waals surface area (Å²) in [7, 11) is 0. The largest absolute Gasteiger partial charge is 0.481 e. The first-order valence-electron chi connectivity index (χ1n) is 3.69. The van der Waals surface area contributed by atoms with E-state index in [-0.39, 0.29) is 17.0 Å². The fourth-order valence-electron chi connectivity index (χ4n) is 1.03. The van der Waals surface area contributed by atoms with Crippen molar-refractivity contribution in [1.29, 1.82) is 0 Å². The summed E-state index contributed by atoms with van der Waals surface area (Å²) in [4.78, 5) is 20.4. The van der Waals surface area contributed by atoms with Crippen molar-refractivity contribution in [2.24, 2.45) is 0 Å². The molecule has 6 heteroatoms. The Kier molecular flexibility index (Phi) is 3.08. The fraction of sp³-hybridized carbons (Fsp3) is 0.125. The fourth-order valence-corrected chi connectivity index (χ4v) is 1.34. The molecule has 0 unspecified atom stereocenters. The number of nitrogens with zero attached hydrogens (tertiary/aromatic N) is 1. The number of rotatable bonds is 3. The van der Waals surface area contributed by atoms with Crippen LogP contribution in [0.2, 0.25) is 0 Å². The molecule has 0 heterocycles. The molecule has 1 N–H and O–H groups in total. The van der Waals surface area contributed by atoms with Gasteiger partial charge >= 0.3 is 5.97 Å². The lowest BCUT2D eigenvalue weighted by molar-refractivity contribution is -0.387. The molecule has 5 nitrogen and oxygen atoms in total. The monoisotopic (exact) mass is 213 g/mol. The van der Waals surface area contributed by atoms with E-state index < -0.39 is 10.9 Å². The second-order valence-electron chi connectivity index (χ2n) is 2.61. The first-order valence-corrected chi connectivity index (χ1v) is 4.14. The minimum Gasteiger partial charge on any atom is -0.481 e. The molecule has 0 aliphatic heterocycles. The number of carbonyl (C=O) groups is 1. The molecule has 0 saturated carbocycles. The Bertz CT molecular complexity index is 391. The van der Waals surface area contributed by atoms with Gasteiger partial charge in [-0.3, -0.25) is 14.9 Å². The molecule has 0 saturated heterocycles. The average molecular weight is 213 g/mol. The van der Waals surface area contributed by atoms with E-state index in [1.165, 1.54) is 18.2 Å². The molecule has 0 fully saturated rings. The Labute approximate surface area is 84.9 Å². The Morgan fingerprint density at radius 2 is 2.21 bits per heavy atom. The maximum absolute atomic E-state index is 10.5. The zero-order valence-electron chi connectivity index (χ0n) is 7.01. The van der Waals surface area contributed by atoms with Gasteiger partial charge in [0.2, 0.25) is 0 Å². The minimum atomic E-state index is -1.04. The molecule has 0 spiro atoms. The predicted octanol–water partition coefficient (Wildman–Crippen LogP) is 1.51. The van der Waals surface area contributed by atoms with Crippen molar-refractivity contribution in [1.82, 2.24) is 0 Å². The van der Waals surface area contributed by atoms with Crippen molar-refractivity contribution in [3.8, 4) is 0 Å². The summed E-state index contributed by atoms with van der Waals surface area (Å²) in [5, 5.41) is 19.0. The summed E-state index contributed by atoms with van der Waals surface area (Å²) in [5.41, 5.74) is 0.169. The van der Waals surface area contributed by atoms with Crippen LogP contribution >= 0.6 is 12.6 Å². The Balaban J connectivity index is 3.13. The Morgan fingerprint density at radius 1 is 1.57 bits per heavy atom. The standard InChI is InChI=1S/C8H7NO4S/c10-7(11)4-5-2-1-3-6(8(5)14)9(12)13/h1-3,14H,4H2,(H,10,11). The average Bonchev–Trinajstić information content (AvgIpc) is 2.07. The van der Waals surface area contributed by atoms with Crippen molar-refractivity contribution in [3.05, 3.63) is 33.9 Å². The summed E-state index contributed by atoms with van der Waals surface area (Å²) >= 11 is 3.92. The summed E-state index contributed by atoms with van der Waals surface area (Å²) in [6, 6.07) is 4.23. The molecule has 0 aliphatic carbocycles. The summed E-state index contributed by atoms with van der Waals surface area (Å²) in [6.07, 6.45) is -0.263. The predicted molar refractivity (Wildman–Crippen MR) is 51.7 cm³/mol. The lowest BCUT2D eigenvalue weighted by Gasteiger charge is -2.01. The zero-order chi connectivity index (χ0) is 10.7. The highest BCUT2D eigenvalue weighted by Crippen LogP contribution is 2.26. The molecule has 1 aromatic carbocycles. The van der Waals surface area contributed by atoms with Crippen LogP contribution in [0.5, 0.6) is 0 Å². The van der Waals surface area contributed by atoms with Crippen LogP contribution in [-0.2, 0) is 11.2 Å². The van der Waals surface area contributed by atoms with Crippen LogP contribution in [0.4, 0.5) is 5.69 Å². The molecule has 0 amide bonds. The highest BCUT2D eigenvalue weighted by atomic mass is 32.1. The topological polar surface area (TPSA) is 80.4 Å². The Morgan fingerprint density at radius 3 is 2.71 bits per heavy atom. The van der Waals surface area contributed by atoms with Gasteiger partial charge in [0, 0.05) is 6.07 Å². The van der Waals surface area contributed by atoms with E-state index in [1.807, 2.05) is 0 Å². The van der Waals surface area contributed by atoms with Gasteiger partial charge in [0.05, 0.1) is 16.2 Å². The van der Waals surface area contributed by atoms with Crippen molar-refractivity contribution in [2.75, 3.05) is 0 Å². The van der Waals surface area contributed by atoms with E-state index in [1.54, 1.807) is 0 Å². The molecule has 14 heavy (non-hydrogen) atoms. The maximum atomic E-state index is 10.5. The van der Waals surface area contributed by atoms with Gasteiger partial charge in [-0.2, -0.15) is 0 Å². The van der Waals surface area contributed by atoms with Crippen LogP contribution in [0.15, 0.2) is 23.1 Å². The van der Waals surface area contributed by atoms with Gasteiger partial charge in [-0.15, -0.1) is 12.6 Å². The van der Waals surface area contributed by atoms with Crippen molar-refractivity contribution >= 4 is 24.3 Å². The van der Waals surface area contributed by atoms with Gasteiger partial charge in [-0.05, 0) is 5.56 Å². The molecule has 0 atom stereocenters. The summed E-state index contributed by atoms with van der Waals surface area (Å²) in [5.74, 6) is -1.04. The van der Waals surface area contributed by atoms with E-state index in [4.69, 9.17) is 5.11 Å². The van der Waals surface area contributed by atoms with E-state index in [9.17, 15) is 14.9 Å². The number of carboxylic acids is 1. The van der Waals surface area contributed by atoms with Crippen LogP contribution in [-0.4, -0.2) is 16.0 Å². The number of benzene rings is 1. The van der Waals surface area contributed by atoms with E-state index in [0.29, 0.717) is 5.56 Å². The molecule has 0 bridgehead atoms. The number of thiol groups is 1. The van der Waals surface area contributed by atoms with Crippen LogP contribution in [0, 0.1) is 10.1 Å². The number of aliphatic carboxylic acids is 1. The van der Waals surface area contributed by atoms with Gasteiger partial charge in [-0.25, -0.2) is 0 Å². The number of hydrogen-bond acceptors (Lipinski definition) is 4. The number of nitro benzene ring substituents is 1. The molecule has 1 rings (SSSR count). The molecule has 74 valence electrons. The van der Waals surface area contributed by atoms with Crippen molar-refractivity contribution in [2.45, 2.75) is 11.3 Å². The van der Waals surface area contributed by atoms with Crippen LogP contribution in [0.25, 0.3) is 0 Å². The molecule has 0 radical (unpaired) electrons. The second-order valence-corrected chi connectivity index (χ2v) is 3.06. The molecular weight excluding hydrogens is 206 g/mol. The Hall–Kier alpha value is -1.56. The van der Waals surface area contributed by atoms with E-state index in [2.05, 4.69) is 12.6 Å². The lowest BCUT2D eigenvalue weighted by atomic mass is 10.1. The first-order chi connectivity index (χ1) is 6.52. The van der Waals surface area contributed by atoms with Crippen LogP contribution in [0.3, 0.4) is 0 Å². The smallest absolute Gasteiger partial charge is 0.307 e. The number of nitro groups is 1. The quantitative estimate of drug-likeness (QED) is 0.453. The molecule has 0 aromatic heterocycles. The highest BCUT2D eigenvalue weighted by Gasteiger charge is 2.15. The molecule has 1 aromatic rings. The second kappa shape index (κ2) is 4.10. The SMILES string of the molecule is O=C(O)Cc1cccc([N+](=O)[O-])c1S. The van der Waals surface area contributed by atoms with E-state index in [0.717, 1.165) is 0 Å². The zero-order valence-corrected chi connectivity index (χ0v) is 7.90. The van der Waals surface area contributed by atoms with Gasteiger partial charge in [-0.1, -0.05) is 12.1 Å². The summed E-state index contributed by atoms with van der Waals surface area (Å²) < 4.78 is 0. The lowest BCUT2D eigenvalue weighted by Crippen LogP contribution is -2.02. The maximum Gasteiger partial charge on any atom is 0.307 e. The van der Waals surface area contributed by atoms with Gasteiger partial charge in [0.15, 0.2) is 0 Å². The van der Waals surface area contributed by atoms with Gasteiger partial charge in [0.25, 0.3) is 5.69 Å². The van der Waals surface area contributed by atoms with Crippen molar-refractivity contribution < 1.29 is 14.8 Å². The van der Waals surface area contributed by atoms with Gasteiger partial charge < -0.3 is 5.11 Å². The minimum absolute atomic E-state index is 0.111. The van der Waals surface area contributed by atoms with Gasteiger partial charge in [0.1, 0.15) is 0 Å². The third-order valence-corrected chi connectivity index (χ3v) is 2.15. The summed E-state index contributed by atoms with van der Waals surface area (Å²) in [6.45, 7) is 0. The van der Waals surface area contributed by atoms with Crippen molar-refractivity contribution in [3.63, 3.8) is 0 Å². The highest BCUT2D eigenvalue weighted by molar-refractivity contribution is 7.80. The normalized spacial score (nSPS) is 9.79. The molecule has 0 aliphatic rings. The van der Waals surface area contributed by atoms with Crippen LogP contribution < -0.4 is 0 Å². The molecular formula is C8H7NO4S. The first kappa shape index (κ1) is 10.5. The van der Waals surface area contributed by atoms with Crippen LogP contribution in [0.1, 0.15) is 5.56 Å².